The highest BCUT2D eigenvalue weighted by molar-refractivity contribution is 6.07. The molecule has 0 radical (unpaired) electrons. The summed E-state index contributed by atoms with van der Waals surface area (Å²) in [5, 5.41) is 6.43. The van der Waals surface area contributed by atoms with Crippen LogP contribution in [0.25, 0.3) is 11.3 Å². The molecule has 3 aromatic rings. The molecule has 0 unspecified atom stereocenters. The Morgan fingerprint density at radius 2 is 1.81 bits per heavy atom. The van der Waals surface area contributed by atoms with E-state index in [1.54, 1.807) is 12.1 Å². The Bertz CT molecular complexity index is 934. The Morgan fingerprint density at radius 3 is 2.50 bits per heavy atom. The van der Waals surface area contributed by atoms with Crippen molar-refractivity contribution in [1.29, 1.82) is 0 Å². The number of amides is 1. The van der Waals surface area contributed by atoms with Gasteiger partial charge in [0.25, 0.3) is 5.91 Å². The second kappa shape index (κ2) is 7.52. The largest absolute Gasteiger partial charge is 0.497 e. The summed E-state index contributed by atoms with van der Waals surface area (Å²) >= 11 is 0. The van der Waals surface area contributed by atoms with Crippen molar-refractivity contribution in [1.82, 2.24) is 5.16 Å². The molecule has 0 spiro atoms. The highest BCUT2D eigenvalue weighted by Crippen LogP contribution is 2.24. The number of hydrogen-bond acceptors (Lipinski definition) is 6. The fourth-order valence-corrected chi connectivity index (χ4v) is 2.35. The summed E-state index contributed by atoms with van der Waals surface area (Å²) < 4.78 is 15.1. The molecule has 3 rings (SSSR count). The molecule has 0 aliphatic heterocycles. The van der Waals surface area contributed by atoms with E-state index in [2.05, 4.69) is 10.5 Å². The number of nitrogens with zero attached hydrogens (tertiary/aromatic N) is 1. The van der Waals surface area contributed by atoms with Gasteiger partial charge in [-0.3, -0.25) is 4.79 Å². The molecule has 1 N–H and O–H groups in total. The molecule has 26 heavy (non-hydrogen) atoms. The number of aromatic nitrogens is 1. The van der Waals surface area contributed by atoms with Crippen LogP contribution >= 0.6 is 0 Å². The van der Waals surface area contributed by atoms with Crippen molar-refractivity contribution < 1.29 is 23.6 Å². The molecular formula is C19H16N2O5. The van der Waals surface area contributed by atoms with Gasteiger partial charge in [-0.15, -0.1) is 0 Å². The van der Waals surface area contributed by atoms with Gasteiger partial charge in [0.1, 0.15) is 5.75 Å². The summed E-state index contributed by atoms with van der Waals surface area (Å²) in [4.78, 5) is 24.4. The Kier molecular flexibility index (Phi) is 4.98. The van der Waals surface area contributed by atoms with E-state index in [0.717, 1.165) is 5.56 Å². The highest BCUT2D eigenvalue weighted by atomic mass is 16.5. The number of esters is 1. The standard InChI is InChI=1S/C19H16N2O5/c1-24-13-8-9-15(14(10-13)19(23)25-2)20-18(22)16-11-17(26-21-16)12-6-4-3-5-7-12/h3-11H,1-2H3,(H,20,22). The number of ether oxygens (including phenoxy) is 2. The average molecular weight is 352 g/mol. The van der Waals surface area contributed by atoms with E-state index in [-0.39, 0.29) is 16.9 Å². The summed E-state index contributed by atoms with van der Waals surface area (Å²) in [5.74, 6) is -0.162. The average Bonchev–Trinajstić information content (AvgIpc) is 3.18. The van der Waals surface area contributed by atoms with E-state index in [1.165, 1.54) is 26.4 Å². The lowest BCUT2D eigenvalue weighted by Crippen LogP contribution is -2.15. The zero-order chi connectivity index (χ0) is 18.5. The first-order chi connectivity index (χ1) is 12.6. The van der Waals surface area contributed by atoms with Crippen LogP contribution < -0.4 is 10.1 Å². The van der Waals surface area contributed by atoms with Crippen molar-refractivity contribution >= 4 is 17.6 Å². The summed E-state index contributed by atoms with van der Waals surface area (Å²) in [6.45, 7) is 0. The third-order valence-electron chi connectivity index (χ3n) is 3.68. The lowest BCUT2D eigenvalue weighted by molar-refractivity contribution is 0.0601. The van der Waals surface area contributed by atoms with Gasteiger partial charge in [0.2, 0.25) is 0 Å². The molecule has 0 fully saturated rings. The molecular weight excluding hydrogens is 336 g/mol. The van der Waals surface area contributed by atoms with Crippen molar-refractivity contribution in [3.8, 4) is 17.1 Å². The van der Waals surface area contributed by atoms with E-state index in [9.17, 15) is 9.59 Å². The Labute approximate surface area is 149 Å². The lowest BCUT2D eigenvalue weighted by atomic mass is 10.1. The lowest BCUT2D eigenvalue weighted by Gasteiger charge is -2.10. The number of anilines is 1. The SMILES string of the molecule is COC(=O)c1cc(OC)ccc1NC(=O)c1cc(-c2ccccc2)on1. The molecule has 7 heteroatoms. The third-order valence-corrected chi connectivity index (χ3v) is 3.68. The van der Waals surface area contributed by atoms with Crippen LogP contribution in [-0.4, -0.2) is 31.3 Å². The predicted molar refractivity (Wildman–Crippen MR) is 94.2 cm³/mol. The molecule has 7 nitrogen and oxygen atoms in total. The molecule has 0 aliphatic carbocycles. The number of carbonyl (C=O) groups is 2. The molecule has 0 bridgehead atoms. The molecule has 1 aromatic heterocycles. The van der Waals surface area contributed by atoms with Gasteiger partial charge in [-0.1, -0.05) is 35.5 Å². The Morgan fingerprint density at radius 1 is 1.04 bits per heavy atom. The van der Waals surface area contributed by atoms with E-state index in [4.69, 9.17) is 14.0 Å². The maximum atomic E-state index is 12.5. The summed E-state index contributed by atoms with van der Waals surface area (Å²) in [6.07, 6.45) is 0. The minimum Gasteiger partial charge on any atom is -0.497 e. The van der Waals surface area contributed by atoms with Gasteiger partial charge in [0.15, 0.2) is 11.5 Å². The fraction of sp³-hybridized carbons (Fsp3) is 0.105. The number of benzene rings is 2. The first-order valence-corrected chi connectivity index (χ1v) is 7.72. The molecule has 0 saturated carbocycles. The van der Waals surface area contributed by atoms with Crippen LogP contribution in [0.5, 0.6) is 5.75 Å². The zero-order valence-corrected chi connectivity index (χ0v) is 14.2. The van der Waals surface area contributed by atoms with Gasteiger partial charge < -0.3 is 19.3 Å². The third kappa shape index (κ3) is 3.56. The van der Waals surface area contributed by atoms with E-state index < -0.39 is 11.9 Å². The maximum absolute atomic E-state index is 12.5. The smallest absolute Gasteiger partial charge is 0.340 e. The van der Waals surface area contributed by atoms with Crippen LogP contribution in [0.1, 0.15) is 20.8 Å². The van der Waals surface area contributed by atoms with Crippen LogP contribution in [0.15, 0.2) is 59.1 Å². The predicted octanol–water partition coefficient (Wildman–Crippen LogP) is 3.39. The number of nitrogens with one attached hydrogen (secondary N) is 1. The Hall–Kier alpha value is -3.61. The van der Waals surface area contributed by atoms with Crippen molar-refractivity contribution in [2.75, 3.05) is 19.5 Å². The molecule has 0 saturated heterocycles. The summed E-state index contributed by atoms with van der Waals surface area (Å²) in [7, 11) is 2.74. The second-order valence-corrected chi connectivity index (χ2v) is 5.30. The summed E-state index contributed by atoms with van der Waals surface area (Å²) in [6, 6.07) is 15.5. The van der Waals surface area contributed by atoms with Crippen molar-refractivity contribution in [3.63, 3.8) is 0 Å². The monoisotopic (exact) mass is 352 g/mol. The fourth-order valence-electron chi connectivity index (χ4n) is 2.35. The van der Waals surface area contributed by atoms with Crippen LogP contribution in [0.2, 0.25) is 0 Å². The van der Waals surface area contributed by atoms with Gasteiger partial charge in [-0.05, 0) is 18.2 Å². The van der Waals surface area contributed by atoms with Gasteiger partial charge in [0.05, 0.1) is 25.5 Å². The van der Waals surface area contributed by atoms with Gasteiger partial charge >= 0.3 is 5.97 Å². The minimum atomic E-state index is -0.593. The minimum absolute atomic E-state index is 0.0930. The van der Waals surface area contributed by atoms with Gasteiger partial charge in [-0.2, -0.15) is 0 Å². The van der Waals surface area contributed by atoms with E-state index in [1.807, 2.05) is 30.3 Å². The van der Waals surface area contributed by atoms with Crippen LogP contribution in [0, 0.1) is 0 Å². The molecule has 1 amide bonds. The van der Waals surface area contributed by atoms with Crippen molar-refractivity contribution in [2.24, 2.45) is 0 Å². The maximum Gasteiger partial charge on any atom is 0.340 e. The molecule has 0 atom stereocenters. The first-order valence-electron chi connectivity index (χ1n) is 7.72. The molecule has 2 aromatic carbocycles. The van der Waals surface area contributed by atoms with Gasteiger partial charge in [0, 0.05) is 11.6 Å². The number of rotatable bonds is 5. The topological polar surface area (TPSA) is 90.7 Å². The van der Waals surface area contributed by atoms with Crippen LogP contribution in [0.3, 0.4) is 0 Å². The normalized spacial score (nSPS) is 10.2. The van der Waals surface area contributed by atoms with Crippen LogP contribution in [-0.2, 0) is 4.74 Å². The number of methoxy groups -OCH3 is 2. The quantitative estimate of drug-likeness (QED) is 0.708. The van der Waals surface area contributed by atoms with Crippen LogP contribution in [0.4, 0.5) is 5.69 Å². The van der Waals surface area contributed by atoms with Gasteiger partial charge in [-0.25, -0.2) is 4.79 Å². The van der Waals surface area contributed by atoms with E-state index in [0.29, 0.717) is 11.5 Å². The number of carbonyl (C=O) groups excluding carboxylic acids is 2. The first kappa shape index (κ1) is 17.2. The van der Waals surface area contributed by atoms with Crippen molar-refractivity contribution in [3.05, 3.63) is 65.9 Å². The van der Waals surface area contributed by atoms with E-state index >= 15 is 0 Å². The number of hydrogen-bond donors (Lipinski definition) is 1. The summed E-state index contributed by atoms with van der Waals surface area (Å²) in [5.41, 5.74) is 1.35. The van der Waals surface area contributed by atoms with Crippen molar-refractivity contribution in [2.45, 2.75) is 0 Å². The Balaban J connectivity index is 1.84. The highest BCUT2D eigenvalue weighted by Gasteiger charge is 2.18. The molecule has 1 heterocycles. The zero-order valence-electron chi connectivity index (χ0n) is 14.2. The molecule has 132 valence electrons. The molecule has 0 aliphatic rings. The second-order valence-electron chi connectivity index (χ2n) is 5.30.